The Morgan fingerprint density at radius 2 is 2.15 bits per heavy atom. The van der Waals surface area contributed by atoms with Gasteiger partial charge in [0.25, 0.3) is 0 Å². The molecule has 1 unspecified atom stereocenters. The fourth-order valence-electron chi connectivity index (χ4n) is 3.43. The fourth-order valence-corrected chi connectivity index (χ4v) is 3.87. The number of rotatable bonds is 4. The van der Waals surface area contributed by atoms with E-state index in [1.54, 1.807) is 13.4 Å². The number of hydrogen-bond acceptors (Lipinski definition) is 7. The zero-order valence-electron chi connectivity index (χ0n) is 14.4. The number of fused-ring (bicyclic) bond motifs is 1. The van der Waals surface area contributed by atoms with Crippen molar-refractivity contribution >= 4 is 38.6 Å². The molecule has 3 heterocycles. The van der Waals surface area contributed by atoms with E-state index in [1.165, 1.54) is 6.33 Å². The standard InChI is InChI=1S/C17H20BrN7O/c1-26-13-3-2-12(18)11(15(13)24-5-4-10(19)6-24)7-25-9-23-14-16(20)21-8-22-17(14)25/h2-3,8-10H,4-7,19H2,1H3,(H2,20,21,22). The molecule has 1 aromatic carbocycles. The Labute approximate surface area is 159 Å². The molecule has 0 bridgehead atoms. The molecule has 0 aliphatic carbocycles. The number of hydrogen-bond donors (Lipinski definition) is 2. The van der Waals surface area contributed by atoms with Gasteiger partial charge in [0.15, 0.2) is 11.5 Å². The van der Waals surface area contributed by atoms with Gasteiger partial charge >= 0.3 is 0 Å². The summed E-state index contributed by atoms with van der Waals surface area (Å²) in [5.41, 5.74) is 15.5. The van der Waals surface area contributed by atoms with Crippen LogP contribution in [0.2, 0.25) is 0 Å². The molecule has 1 aliphatic heterocycles. The molecule has 1 fully saturated rings. The van der Waals surface area contributed by atoms with E-state index in [9.17, 15) is 0 Å². The Balaban J connectivity index is 1.81. The highest BCUT2D eigenvalue weighted by molar-refractivity contribution is 9.10. The largest absolute Gasteiger partial charge is 0.495 e. The average Bonchev–Trinajstić information content (AvgIpc) is 3.24. The second kappa shape index (κ2) is 6.73. The monoisotopic (exact) mass is 417 g/mol. The van der Waals surface area contributed by atoms with Crippen LogP contribution in [0, 0.1) is 0 Å². The summed E-state index contributed by atoms with van der Waals surface area (Å²) in [6.07, 6.45) is 4.16. The van der Waals surface area contributed by atoms with Crippen molar-refractivity contribution in [2.75, 3.05) is 30.8 Å². The van der Waals surface area contributed by atoms with Crippen LogP contribution in [0.3, 0.4) is 0 Å². The number of halogens is 1. The quantitative estimate of drug-likeness (QED) is 0.665. The van der Waals surface area contributed by atoms with E-state index < -0.39 is 0 Å². The molecule has 1 aliphatic rings. The third-order valence-electron chi connectivity index (χ3n) is 4.71. The number of aromatic nitrogens is 4. The molecule has 0 amide bonds. The Morgan fingerprint density at radius 3 is 2.88 bits per heavy atom. The lowest BCUT2D eigenvalue weighted by molar-refractivity contribution is 0.414. The maximum absolute atomic E-state index is 6.13. The molecular formula is C17H20BrN7O. The summed E-state index contributed by atoms with van der Waals surface area (Å²) < 4.78 is 8.60. The number of methoxy groups -OCH3 is 1. The van der Waals surface area contributed by atoms with Crippen LogP contribution >= 0.6 is 15.9 Å². The van der Waals surface area contributed by atoms with Crippen molar-refractivity contribution < 1.29 is 4.74 Å². The van der Waals surface area contributed by atoms with Crippen molar-refractivity contribution in [3.8, 4) is 5.75 Å². The van der Waals surface area contributed by atoms with Gasteiger partial charge in [0.2, 0.25) is 0 Å². The summed E-state index contributed by atoms with van der Waals surface area (Å²) in [5.74, 6) is 1.21. The third-order valence-corrected chi connectivity index (χ3v) is 5.45. The van der Waals surface area contributed by atoms with E-state index in [1.807, 2.05) is 16.7 Å². The second-order valence-corrected chi connectivity index (χ2v) is 7.23. The Bertz CT molecular complexity index is 958. The van der Waals surface area contributed by atoms with Gasteiger partial charge in [-0.1, -0.05) is 15.9 Å². The van der Waals surface area contributed by atoms with Crippen LogP contribution in [0.15, 0.2) is 29.3 Å². The number of nitrogens with zero attached hydrogens (tertiary/aromatic N) is 5. The first-order valence-corrected chi connectivity index (χ1v) is 9.15. The minimum Gasteiger partial charge on any atom is -0.495 e. The lowest BCUT2D eigenvalue weighted by Crippen LogP contribution is -2.27. The first kappa shape index (κ1) is 17.0. The third kappa shape index (κ3) is 2.86. The Kier molecular flexibility index (Phi) is 4.41. The molecule has 136 valence electrons. The van der Waals surface area contributed by atoms with Gasteiger partial charge in [0, 0.05) is 29.2 Å². The smallest absolute Gasteiger partial charge is 0.165 e. The molecule has 26 heavy (non-hydrogen) atoms. The summed E-state index contributed by atoms with van der Waals surface area (Å²) in [6, 6.07) is 4.14. The molecule has 2 aromatic heterocycles. The van der Waals surface area contributed by atoms with E-state index in [4.69, 9.17) is 16.2 Å². The summed E-state index contributed by atoms with van der Waals surface area (Å²) >= 11 is 3.69. The minimum atomic E-state index is 0.174. The van der Waals surface area contributed by atoms with Crippen LogP contribution in [-0.4, -0.2) is 45.8 Å². The van der Waals surface area contributed by atoms with Gasteiger partial charge in [-0.15, -0.1) is 0 Å². The van der Waals surface area contributed by atoms with Crippen molar-refractivity contribution in [2.45, 2.75) is 19.0 Å². The normalized spacial score (nSPS) is 17.2. The summed E-state index contributed by atoms with van der Waals surface area (Å²) in [6.45, 7) is 2.28. The maximum Gasteiger partial charge on any atom is 0.165 e. The second-order valence-electron chi connectivity index (χ2n) is 6.38. The fraction of sp³-hybridized carbons (Fsp3) is 0.353. The number of imidazole rings is 1. The molecule has 3 aromatic rings. The van der Waals surface area contributed by atoms with E-state index in [0.29, 0.717) is 23.5 Å². The molecule has 1 saturated heterocycles. The van der Waals surface area contributed by atoms with Crippen molar-refractivity contribution in [3.63, 3.8) is 0 Å². The average molecular weight is 418 g/mol. The molecule has 0 spiro atoms. The van der Waals surface area contributed by atoms with Gasteiger partial charge in [0.05, 0.1) is 25.7 Å². The maximum atomic E-state index is 6.13. The van der Waals surface area contributed by atoms with Gasteiger partial charge in [-0.05, 0) is 18.6 Å². The molecule has 1 atom stereocenters. The van der Waals surface area contributed by atoms with Crippen LogP contribution in [0.5, 0.6) is 5.75 Å². The molecule has 0 saturated carbocycles. The van der Waals surface area contributed by atoms with Crippen LogP contribution in [0.1, 0.15) is 12.0 Å². The van der Waals surface area contributed by atoms with Gasteiger partial charge in [-0.2, -0.15) is 0 Å². The molecule has 0 radical (unpaired) electrons. The van der Waals surface area contributed by atoms with Gasteiger partial charge < -0.3 is 25.7 Å². The SMILES string of the molecule is COc1ccc(Br)c(Cn2cnc3c(N)ncnc32)c1N1CCC(N)C1. The molecule has 4 rings (SSSR count). The van der Waals surface area contributed by atoms with Crippen molar-refractivity contribution in [1.29, 1.82) is 0 Å². The van der Waals surface area contributed by atoms with E-state index in [-0.39, 0.29) is 6.04 Å². The Morgan fingerprint density at radius 1 is 1.31 bits per heavy atom. The highest BCUT2D eigenvalue weighted by Crippen LogP contribution is 2.39. The van der Waals surface area contributed by atoms with Gasteiger partial charge in [0.1, 0.15) is 17.6 Å². The number of benzene rings is 1. The van der Waals surface area contributed by atoms with Crippen molar-refractivity contribution in [2.24, 2.45) is 5.73 Å². The van der Waals surface area contributed by atoms with E-state index >= 15 is 0 Å². The predicted molar refractivity (Wildman–Crippen MR) is 104 cm³/mol. The van der Waals surface area contributed by atoms with Gasteiger partial charge in [-0.25, -0.2) is 15.0 Å². The molecule has 4 N–H and O–H groups in total. The number of anilines is 2. The molecular weight excluding hydrogens is 398 g/mol. The lowest BCUT2D eigenvalue weighted by atomic mass is 10.1. The summed E-state index contributed by atoms with van der Waals surface area (Å²) in [7, 11) is 1.69. The predicted octanol–water partition coefficient (Wildman–Crippen LogP) is 1.77. The van der Waals surface area contributed by atoms with Crippen LogP contribution in [-0.2, 0) is 6.54 Å². The van der Waals surface area contributed by atoms with Gasteiger partial charge in [-0.3, -0.25) is 0 Å². The zero-order valence-corrected chi connectivity index (χ0v) is 16.0. The van der Waals surface area contributed by atoms with Crippen molar-refractivity contribution in [1.82, 2.24) is 19.5 Å². The number of nitrogens with two attached hydrogens (primary N) is 2. The van der Waals surface area contributed by atoms with E-state index in [0.717, 1.165) is 41.0 Å². The van der Waals surface area contributed by atoms with Crippen molar-refractivity contribution in [3.05, 3.63) is 34.8 Å². The number of ether oxygens (including phenoxy) is 1. The van der Waals surface area contributed by atoms with Crippen LogP contribution in [0.25, 0.3) is 11.2 Å². The van der Waals surface area contributed by atoms with Crippen LogP contribution in [0.4, 0.5) is 11.5 Å². The first-order chi connectivity index (χ1) is 12.6. The first-order valence-electron chi connectivity index (χ1n) is 8.35. The van der Waals surface area contributed by atoms with Crippen LogP contribution < -0.4 is 21.1 Å². The Hall–Kier alpha value is -2.39. The zero-order chi connectivity index (χ0) is 18.3. The number of nitrogen functional groups attached to an aromatic ring is 1. The molecule has 8 nitrogen and oxygen atoms in total. The van der Waals surface area contributed by atoms with E-state index in [2.05, 4.69) is 35.8 Å². The highest BCUT2D eigenvalue weighted by Gasteiger charge is 2.26. The summed E-state index contributed by atoms with van der Waals surface area (Å²) in [4.78, 5) is 15.0. The summed E-state index contributed by atoms with van der Waals surface area (Å²) in [5, 5.41) is 0. The topological polar surface area (TPSA) is 108 Å². The minimum absolute atomic E-state index is 0.174. The molecule has 9 heteroatoms. The lowest BCUT2D eigenvalue weighted by Gasteiger charge is -2.25. The highest BCUT2D eigenvalue weighted by atomic mass is 79.9.